The highest BCUT2D eigenvalue weighted by Crippen LogP contribution is 2.29. The Bertz CT molecular complexity index is 1610. The predicted octanol–water partition coefficient (Wildman–Crippen LogP) is 5.00. The molecule has 1 saturated heterocycles. The molecule has 1 aliphatic heterocycles. The third kappa shape index (κ3) is 5.97. The maximum atomic E-state index is 12.9. The maximum Gasteiger partial charge on any atom is 0.271 e. The van der Waals surface area contributed by atoms with Crippen LogP contribution in [0, 0.1) is 6.92 Å². The van der Waals surface area contributed by atoms with E-state index in [1.54, 1.807) is 30.5 Å². The van der Waals surface area contributed by atoms with Crippen molar-refractivity contribution >= 4 is 45.3 Å². The Hall–Kier alpha value is -4.15. The lowest BCUT2D eigenvalue weighted by molar-refractivity contribution is 0.0955. The molecule has 1 aliphatic rings. The number of para-hydroxylation sites is 1. The molecule has 2 heterocycles. The van der Waals surface area contributed by atoms with E-state index in [2.05, 4.69) is 20.1 Å². The van der Waals surface area contributed by atoms with Crippen molar-refractivity contribution in [2.45, 2.75) is 24.7 Å². The van der Waals surface area contributed by atoms with E-state index >= 15 is 0 Å². The molecule has 9 nitrogen and oxygen atoms in total. The fourth-order valence-corrected chi connectivity index (χ4v) is 5.65. The molecule has 2 N–H and O–H groups in total. The summed E-state index contributed by atoms with van der Waals surface area (Å²) in [6.45, 7) is 3.73. The van der Waals surface area contributed by atoms with E-state index in [1.807, 2.05) is 41.9 Å². The Morgan fingerprint density at radius 3 is 2.44 bits per heavy atom. The molecule has 3 aromatic carbocycles. The molecule has 0 atom stereocenters. The molecular formula is C28H27ClN6O3S. The molecule has 5 rings (SSSR count). The van der Waals surface area contributed by atoms with Crippen LogP contribution in [0.3, 0.4) is 0 Å². The molecule has 0 radical (unpaired) electrons. The average Bonchev–Trinajstić information content (AvgIpc) is 3.58. The van der Waals surface area contributed by atoms with Gasteiger partial charge in [-0.1, -0.05) is 35.9 Å². The van der Waals surface area contributed by atoms with Gasteiger partial charge in [0.2, 0.25) is 0 Å². The number of aromatic nitrogens is 2. The molecule has 0 bridgehead atoms. The van der Waals surface area contributed by atoms with Gasteiger partial charge in [0.15, 0.2) is 0 Å². The highest BCUT2D eigenvalue weighted by atomic mass is 35.5. The first kappa shape index (κ1) is 26.5. The van der Waals surface area contributed by atoms with E-state index in [9.17, 15) is 13.2 Å². The Kier molecular flexibility index (Phi) is 7.67. The van der Waals surface area contributed by atoms with Gasteiger partial charge in [0.1, 0.15) is 5.82 Å². The van der Waals surface area contributed by atoms with Crippen LogP contribution >= 0.6 is 11.6 Å². The number of hydrogen-bond acceptors (Lipinski definition) is 6. The van der Waals surface area contributed by atoms with Crippen molar-refractivity contribution in [1.29, 1.82) is 0 Å². The molecule has 4 aromatic rings. The van der Waals surface area contributed by atoms with Crippen molar-refractivity contribution in [3.8, 4) is 5.69 Å². The van der Waals surface area contributed by atoms with Crippen LogP contribution in [-0.2, 0) is 10.0 Å². The summed E-state index contributed by atoms with van der Waals surface area (Å²) in [6.07, 6.45) is 3.78. The van der Waals surface area contributed by atoms with Crippen LogP contribution < -0.4 is 15.0 Å². The lowest BCUT2D eigenvalue weighted by Gasteiger charge is -2.20. The highest BCUT2D eigenvalue weighted by molar-refractivity contribution is 7.92. The van der Waals surface area contributed by atoms with Crippen molar-refractivity contribution in [3.05, 3.63) is 101 Å². The quantitative estimate of drug-likeness (QED) is 0.232. The van der Waals surface area contributed by atoms with Crippen molar-refractivity contribution in [2.24, 2.45) is 5.10 Å². The summed E-state index contributed by atoms with van der Waals surface area (Å²) >= 11 is 5.88. The zero-order chi connectivity index (χ0) is 27.4. The van der Waals surface area contributed by atoms with Gasteiger partial charge in [-0.15, -0.1) is 0 Å². The van der Waals surface area contributed by atoms with Crippen LogP contribution in [0.1, 0.15) is 34.5 Å². The summed E-state index contributed by atoms with van der Waals surface area (Å²) in [7, 11) is -3.92. The van der Waals surface area contributed by atoms with Crippen molar-refractivity contribution in [2.75, 3.05) is 22.7 Å². The number of carbonyl (C=O) groups excluding carboxylic acids is 1. The number of amides is 1. The van der Waals surface area contributed by atoms with E-state index in [0.29, 0.717) is 10.7 Å². The first-order valence-corrected chi connectivity index (χ1v) is 14.3. The van der Waals surface area contributed by atoms with Crippen molar-refractivity contribution < 1.29 is 13.2 Å². The number of hydrogen-bond donors (Lipinski definition) is 2. The number of anilines is 2. The van der Waals surface area contributed by atoms with Gasteiger partial charge >= 0.3 is 0 Å². The van der Waals surface area contributed by atoms with E-state index < -0.39 is 15.9 Å². The Labute approximate surface area is 232 Å². The first-order chi connectivity index (χ1) is 18.8. The number of nitrogens with zero attached hydrogens (tertiary/aromatic N) is 4. The third-order valence-electron chi connectivity index (χ3n) is 6.35. The predicted molar refractivity (Wildman–Crippen MR) is 154 cm³/mol. The molecule has 1 amide bonds. The van der Waals surface area contributed by atoms with Crippen LogP contribution in [0.4, 0.5) is 11.5 Å². The Morgan fingerprint density at radius 1 is 1.00 bits per heavy atom. The minimum absolute atomic E-state index is 0.0506. The molecule has 0 saturated carbocycles. The van der Waals surface area contributed by atoms with Crippen LogP contribution in [-0.4, -0.2) is 43.4 Å². The SMILES string of the molecule is Cc1nn(-c2ccccc2)c(N2CCCC2)c1/C=N\NC(=O)c1cccc(S(=O)(=O)Nc2ccc(Cl)cc2)c1. The largest absolute Gasteiger partial charge is 0.356 e. The lowest BCUT2D eigenvalue weighted by Crippen LogP contribution is -2.23. The van der Waals surface area contributed by atoms with Gasteiger partial charge in [0.05, 0.1) is 28.1 Å². The van der Waals surface area contributed by atoms with E-state index in [4.69, 9.17) is 16.7 Å². The van der Waals surface area contributed by atoms with E-state index in [-0.39, 0.29) is 10.5 Å². The number of benzene rings is 3. The zero-order valence-corrected chi connectivity index (χ0v) is 22.8. The molecule has 39 heavy (non-hydrogen) atoms. The van der Waals surface area contributed by atoms with E-state index in [0.717, 1.165) is 48.7 Å². The monoisotopic (exact) mass is 562 g/mol. The van der Waals surface area contributed by atoms with Crippen LogP contribution in [0.5, 0.6) is 0 Å². The summed E-state index contributed by atoms with van der Waals surface area (Å²) in [5.41, 5.74) is 5.57. The van der Waals surface area contributed by atoms with E-state index in [1.165, 1.54) is 24.3 Å². The van der Waals surface area contributed by atoms with Gasteiger partial charge in [0, 0.05) is 29.4 Å². The Morgan fingerprint density at radius 2 is 1.72 bits per heavy atom. The first-order valence-electron chi connectivity index (χ1n) is 12.4. The van der Waals surface area contributed by atoms with Gasteiger partial charge in [-0.3, -0.25) is 9.52 Å². The highest BCUT2D eigenvalue weighted by Gasteiger charge is 2.23. The van der Waals surface area contributed by atoms with Gasteiger partial charge < -0.3 is 4.90 Å². The van der Waals surface area contributed by atoms with Gasteiger partial charge in [0.25, 0.3) is 15.9 Å². The second-order valence-corrected chi connectivity index (χ2v) is 11.2. The summed E-state index contributed by atoms with van der Waals surface area (Å²) in [5.74, 6) is 0.390. The number of sulfonamides is 1. The number of rotatable bonds is 8. The second-order valence-electron chi connectivity index (χ2n) is 9.10. The van der Waals surface area contributed by atoms with Gasteiger partial charge in [-0.05, 0) is 74.4 Å². The lowest BCUT2D eigenvalue weighted by atomic mass is 10.2. The van der Waals surface area contributed by atoms with Crippen molar-refractivity contribution in [3.63, 3.8) is 0 Å². The van der Waals surface area contributed by atoms with Crippen LogP contribution in [0.15, 0.2) is 88.9 Å². The normalized spacial score (nSPS) is 13.6. The molecule has 1 fully saturated rings. The molecule has 1 aromatic heterocycles. The molecule has 0 spiro atoms. The number of nitrogens with one attached hydrogen (secondary N) is 2. The summed E-state index contributed by atoms with van der Waals surface area (Å²) < 4.78 is 30.1. The van der Waals surface area contributed by atoms with Crippen molar-refractivity contribution in [1.82, 2.24) is 15.2 Å². The third-order valence-corrected chi connectivity index (χ3v) is 7.98. The summed E-state index contributed by atoms with van der Waals surface area (Å²) in [6, 6.07) is 21.9. The summed E-state index contributed by atoms with van der Waals surface area (Å²) in [5, 5.41) is 9.45. The number of halogens is 1. The number of carbonyl (C=O) groups is 1. The summed E-state index contributed by atoms with van der Waals surface area (Å²) in [4.78, 5) is 15.1. The molecule has 0 aliphatic carbocycles. The number of hydrazone groups is 1. The second kappa shape index (κ2) is 11.3. The average molecular weight is 563 g/mol. The molecule has 200 valence electrons. The van der Waals surface area contributed by atoms with Gasteiger partial charge in [-0.25, -0.2) is 18.5 Å². The van der Waals surface area contributed by atoms with Gasteiger partial charge in [-0.2, -0.15) is 10.2 Å². The van der Waals surface area contributed by atoms with Crippen LogP contribution in [0.2, 0.25) is 5.02 Å². The topological polar surface area (TPSA) is 109 Å². The minimum atomic E-state index is -3.92. The smallest absolute Gasteiger partial charge is 0.271 e. The van der Waals surface area contributed by atoms with Crippen LogP contribution in [0.25, 0.3) is 5.69 Å². The fraction of sp³-hybridized carbons (Fsp3) is 0.179. The minimum Gasteiger partial charge on any atom is -0.356 e. The standard InChI is InChI=1S/C28H27ClN6O3S/c1-20-26(28(34-16-5-6-17-34)35(32-20)24-9-3-2-4-10-24)19-30-31-27(36)21-8-7-11-25(18-21)39(37,38)33-23-14-12-22(29)13-15-23/h2-4,7-15,18-19,33H,5-6,16-17H2,1H3,(H,31,36)/b30-19-. The molecule has 11 heteroatoms. The Balaban J connectivity index is 1.35. The molecule has 0 unspecified atom stereocenters. The number of aryl methyl sites for hydroxylation is 1. The molecular weight excluding hydrogens is 536 g/mol. The fourth-order valence-electron chi connectivity index (χ4n) is 4.42. The zero-order valence-electron chi connectivity index (χ0n) is 21.2. The maximum absolute atomic E-state index is 12.9.